The lowest BCUT2D eigenvalue weighted by Crippen LogP contribution is -2.40. The highest BCUT2D eigenvalue weighted by Gasteiger charge is 2.22. The summed E-state index contributed by atoms with van der Waals surface area (Å²) in [5.41, 5.74) is 0.947. The van der Waals surface area contributed by atoms with E-state index in [4.69, 9.17) is 21.1 Å². The van der Waals surface area contributed by atoms with Crippen molar-refractivity contribution in [2.24, 2.45) is 5.92 Å². The molecule has 2 aromatic carbocycles. The maximum absolute atomic E-state index is 14.0. The zero-order valence-electron chi connectivity index (χ0n) is 15.5. The van der Waals surface area contributed by atoms with E-state index in [2.05, 4.69) is 5.32 Å². The molecule has 1 unspecified atom stereocenters. The van der Waals surface area contributed by atoms with Gasteiger partial charge in [-0.2, -0.15) is 0 Å². The summed E-state index contributed by atoms with van der Waals surface area (Å²) in [6.07, 6.45) is 0. The van der Waals surface area contributed by atoms with Crippen molar-refractivity contribution in [1.29, 1.82) is 0 Å². The molecule has 0 heterocycles. The molecule has 0 radical (unpaired) electrons. The van der Waals surface area contributed by atoms with E-state index in [-0.39, 0.29) is 29.7 Å². The highest BCUT2D eigenvalue weighted by atomic mass is 35.5. The summed E-state index contributed by atoms with van der Waals surface area (Å²) in [6.45, 7) is 3.84. The van der Waals surface area contributed by atoms with Crippen LogP contribution in [0.1, 0.15) is 25.0 Å². The molecule has 0 saturated carbocycles. The topological polar surface area (TPSA) is 67.8 Å². The molecule has 27 heavy (non-hydrogen) atoms. The van der Waals surface area contributed by atoms with E-state index < -0.39 is 17.8 Å². The van der Waals surface area contributed by atoms with Crippen LogP contribution in [0.4, 0.5) is 4.39 Å². The molecule has 7 heteroatoms. The van der Waals surface area contributed by atoms with Gasteiger partial charge in [-0.3, -0.25) is 10.1 Å². The molecule has 1 atom stereocenters. The Labute approximate surface area is 163 Å². The Morgan fingerprint density at radius 3 is 2.56 bits per heavy atom. The van der Waals surface area contributed by atoms with E-state index in [0.717, 1.165) is 0 Å². The molecule has 2 N–H and O–H groups in total. The number of methoxy groups -OCH3 is 1. The van der Waals surface area contributed by atoms with Crippen LogP contribution in [0.15, 0.2) is 36.4 Å². The Morgan fingerprint density at radius 1 is 1.26 bits per heavy atom. The van der Waals surface area contributed by atoms with Gasteiger partial charge in [0.1, 0.15) is 18.5 Å². The molecule has 0 saturated heterocycles. The van der Waals surface area contributed by atoms with Gasteiger partial charge in [0, 0.05) is 17.7 Å². The highest BCUT2D eigenvalue weighted by molar-refractivity contribution is 6.31. The van der Waals surface area contributed by atoms with Crippen LogP contribution >= 0.6 is 11.6 Å². The van der Waals surface area contributed by atoms with Gasteiger partial charge >= 0.3 is 5.97 Å². The number of para-hydroxylation sites is 1. The van der Waals surface area contributed by atoms with E-state index >= 15 is 0 Å². The van der Waals surface area contributed by atoms with Crippen LogP contribution in [-0.4, -0.2) is 24.2 Å². The van der Waals surface area contributed by atoms with Crippen LogP contribution in [0.5, 0.6) is 11.5 Å². The summed E-state index contributed by atoms with van der Waals surface area (Å²) in [5, 5.41) is 12.6. The second-order valence-corrected chi connectivity index (χ2v) is 6.79. The smallest absolute Gasteiger partial charge is 0.320 e. The summed E-state index contributed by atoms with van der Waals surface area (Å²) in [5.74, 6) is -0.580. The largest absolute Gasteiger partial charge is 0.493 e. The van der Waals surface area contributed by atoms with Crippen LogP contribution in [0, 0.1) is 11.7 Å². The summed E-state index contributed by atoms with van der Waals surface area (Å²) < 4.78 is 25.2. The lowest BCUT2D eigenvalue weighted by molar-refractivity contribution is -0.140. The summed E-state index contributed by atoms with van der Waals surface area (Å²) >= 11 is 6.05. The number of nitrogens with one attached hydrogen (secondary N) is 1. The molecule has 0 bridgehead atoms. The fraction of sp³-hybridized carbons (Fsp3) is 0.350. The molecule has 2 rings (SSSR count). The van der Waals surface area contributed by atoms with Crippen molar-refractivity contribution in [3.05, 3.63) is 58.4 Å². The number of carboxylic acid groups (broad SMARTS) is 1. The molecule has 0 aromatic heterocycles. The van der Waals surface area contributed by atoms with E-state index in [9.17, 15) is 14.3 Å². The maximum Gasteiger partial charge on any atom is 0.320 e. The SMILES string of the molecule is COc1cccc(CNC(C(=O)O)C(C)C)c1OCc1c(F)cccc1Cl. The second-order valence-electron chi connectivity index (χ2n) is 6.38. The van der Waals surface area contributed by atoms with E-state index in [1.807, 2.05) is 13.8 Å². The van der Waals surface area contributed by atoms with E-state index in [0.29, 0.717) is 17.1 Å². The van der Waals surface area contributed by atoms with Gasteiger partial charge in [0.05, 0.1) is 12.1 Å². The summed E-state index contributed by atoms with van der Waals surface area (Å²) in [4.78, 5) is 11.4. The maximum atomic E-state index is 14.0. The lowest BCUT2D eigenvalue weighted by Gasteiger charge is -2.20. The zero-order chi connectivity index (χ0) is 20.0. The first-order chi connectivity index (χ1) is 12.8. The van der Waals surface area contributed by atoms with Gasteiger partial charge in [-0.15, -0.1) is 0 Å². The number of aliphatic carboxylic acids is 1. The van der Waals surface area contributed by atoms with Gasteiger partial charge in [0.2, 0.25) is 0 Å². The second kappa shape index (κ2) is 9.58. The molecular formula is C20H23ClFNO4. The number of ether oxygens (including phenoxy) is 2. The molecule has 0 amide bonds. The Bertz CT molecular complexity index is 777. The molecule has 2 aromatic rings. The van der Waals surface area contributed by atoms with Crippen molar-refractivity contribution in [2.75, 3.05) is 7.11 Å². The molecule has 146 valence electrons. The van der Waals surface area contributed by atoms with Crippen LogP contribution in [-0.2, 0) is 17.9 Å². The van der Waals surface area contributed by atoms with Crippen LogP contribution in [0.25, 0.3) is 0 Å². The number of carbonyl (C=O) groups is 1. The molecule has 0 aliphatic carbocycles. The number of rotatable bonds is 9. The Hall–Kier alpha value is -2.31. The van der Waals surface area contributed by atoms with Crippen LogP contribution < -0.4 is 14.8 Å². The summed E-state index contributed by atoms with van der Waals surface area (Å²) in [7, 11) is 1.50. The van der Waals surface area contributed by atoms with Crippen molar-refractivity contribution in [3.8, 4) is 11.5 Å². The fourth-order valence-electron chi connectivity index (χ4n) is 2.67. The number of carboxylic acids is 1. The molecular weight excluding hydrogens is 373 g/mol. The fourth-order valence-corrected chi connectivity index (χ4v) is 2.89. The first-order valence-electron chi connectivity index (χ1n) is 8.52. The molecule has 0 fully saturated rings. The van der Waals surface area contributed by atoms with Crippen LogP contribution in [0.2, 0.25) is 5.02 Å². The lowest BCUT2D eigenvalue weighted by atomic mass is 10.0. The number of hydrogen-bond donors (Lipinski definition) is 2. The number of halogens is 2. The predicted octanol–water partition coefficient (Wildman–Crippen LogP) is 4.27. The Balaban J connectivity index is 2.23. The normalized spacial score (nSPS) is 12.1. The van der Waals surface area contributed by atoms with Crippen molar-refractivity contribution >= 4 is 17.6 Å². The number of hydrogen-bond acceptors (Lipinski definition) is 4. The first kappa shape index (κ1) is 21.0. The first-order valence-corrected chi connectivity index (χ1v) is 8.90. The minimum Gasteiger partial charge on any atom is -0.493 e. The van der Waals surface area contributed by atoms with Gasteiger partial charge in [-0.05, 0) is 24.1 Å². The standard InChI is InChI=1S/C20H23ClFNO4/c1-12(2)18(20(24)25)23-10-13-6-4-9-17(26-3)19(13)27-11-14-15(21)7-5-8-16(14)22/h4-9,12,18,23H,10-11H2,1-3H3,(H,24,25). The molecule has 0 aliphatic rings. The molecule has 0 aliphatic heterocycles. The van der Waals surface area contributed by atoms with Gasteiger partial charge in [0.15, 0.2) is 11.5 Å². The van der Waals surface area contributed by atoms with E-state index in [1.54, 1.807) is 24.3 Å². The monoisotopic (exact) mass is 395 g/mol. The molecule has 5 nitrogen and oxygen atoms in total. The van der Waals surface area contributed by atoms with Crippen molar-refractivity contribution in [3.63, 3.8) is 0 Å². The van der Waals surface area contributed by atoms with Crippen LogP contribution in [0.3, 0.4) is 0 Å². The van der Waals surface area contributed by atoms with Crippen molar-refractivity contribution in [1.82, 2.24) is 5.32 Å². The highest BCUT2D eigenvalue weighted by Crippen LogP contribution is 2.33. The van der Waals surface area contributed by atoms with E-state index in [1.165, 1.54) is 19.2 Å². The minimum absolute atomic E-state index is 0.0780. The third-order valence-electron chi connectivity index (χ3n) is 4.15. The third kappa shape index (κ3) is 5.34. The average Bonchev–Trinajstić information content (AvgIpc) is 2.61. The minimum atomic E-state index is -0.923. The van der Waals surface area contributed by atoms with Crippen molar-refractivity contribution < 1.29 is 23.8 Å². The van der Waals surface area contributed by atoms with Crippen molar-refractivity contribution in [2.45, 2.75) is 33.0 Å². The molecule has 0 spiro atoms. The Morgan fingerprint density at radius 2 is 1.96 bits per heavy atom. The number of benzene rings is 2. The van der Waals surface area contributed by atoms with Gasteiger partial charge in [-0.1, -0.05) is 43.6 Å². The zero-order valence-corrected chi connectivity index (χ0v) is 16.2. The third-order valence-corrected chi connectivity index (χ3v) is 4.50. The average molecular weight is 396 g/mol. The quantitative estimate of drug-likeness (QED) is 0.663. The van der Waals surface area contributed by atoms with Gasteiger partial charge in [-0.25, -0.2) is 4.39 Å². The van der Waals surface area contributed by atoms with Gasteiger partial charge in [0.25, 0.3) is 0 Å². The van der Waals surface area contributed by atoms with Gasteiger partial charge < -0.3 is 14.6 Å². The predicted molar refractivity (Wildman–Crippen MR) is 102 cm³/mol. The Kier molecular flexibility index (Phi) is 7.45. The summed E-state index contributed by atoms with van der Waals surface area (Å²) in [6, 6.07) is 9.03.